The lowest BCUT2D eigenvalue weighted by molar-refractivity contribution is -0.137. The fourth-order valence-electron chi connectivity index (χ4n) is 2.03. The van der Waals surface area contributed by atoms with Gasteiger partial charge in [-0.3, -0.25) is 5.10 Å². The van der Waals surface area contributed by atoms with Crippen molar-refractivity contribution in [1.82, 2.24) is 15.5 Å². The summed E-state index contributed by atoms with van der Waals surface area (Å²) in [5.74, 6) is 0. The van der Waals surface area contributed by atoms with E-state index in [-0.39, 0.29) is 0 Å². The van der Waals surface area contributed by atoms with E-state index in [1.807, 2.05) is 7.05 Å². The molecule has 1 aromatic carbocycles. The Labute approximate surface area is 115 Å². The second kappa shape index (κ2) is 6.09. The number of alkyl halides is 3. The predicted molar refractivity (Wildman–Crippen MR) is 71.3 cm³/mol. The minimum absolute atomic E-state index is 0.638. The zero-order valence-electron chi connectivity index (χ0n) is 11.1. The monoisotopic (exact) mass is 283 g/mol. The molecule has 0 radical (unpaired) electrons. The Morgan fingerprint density at radius 1 is 1.20 bits per heavy atom. The maximum absolute atomic E-state index is 12.5. The molecule has 0 fully saturated rings. The lowest BCUT2D eigenvalue weighted by Gasteiger charge is -2.08. The van der Waals surface area contributed by atoms with Crippen LogP contribution < -0.4 is 5.32 Å². The van der Waals surface area contributed by atoms with Crippen molar-refractivity contribution in [3.63, 3.8) is 0 Å². The highest BCUT2D eigenvalue weighted by molar-refractivity contribution is 5.65. The summed E-state index contributed by atoms with van der Waals surface area (Å²) < 4.78 is 37.6. The van der Waals surface area contributed by atoms with Crippen molar-refractivity contribution in [2.45, 2.75) is 19.0 Å². The second-order valence-electron chi connectivity index (χ2n) is 4.54. The molecule has 108 valence electrons. The van der Waals surface area contributed by atoms with Crippen LogP contribution >= 0.6 is 0 Å². The van der Waals surface area contributed by atoms with Gasteiger partial charge >= 0.3 is 6.18 Å². The van der Waals surface area contributed by atoms with Gasteiger partial charge in [-0.1, -0.05) is 12.1 Å². The Morgan fingerprint density at radius 2 is 1.90 bits per heavy atom. The summed E-state index contributed by atoms with van der Waals surface area (Å²) in [4.78, 5) is 0. The Bertz CT molecular complexity index is 544. The summed E-state index contributed by atoms with van der Waals surface area (Å²) in [6, 6.07) is 5.16. The molecule has 2 rings (SSSR count). The summed E-state index contributed by atoms with van der Waals surface area (Å²) >= 11 is 0. The van der Waals surface area contributed by atoms with Crippen molar-refractivity contribution in [3.8, 4) is 11.1 Å². The van der Waals surface area contributed by atoms with Crippen molar-refractivity contribution in [2.75, 3.05) is 13.6 Å². The van der Waals surface area contributed by atoms with Crippen molar-refractivity contribution in [1.29, 1.82) is 0 Å². The zero-order chi connectivity index (χ0) is 14.6. The van der Waals surface area contributed by atoms with Crippen molar-refractivity contribution < 1.29 is 13.2 Å². The van der Waals surface area contributed by atoms with Crippen LogP contribution in [0.4, 0.5) is 13.2 Å². The van der Waals surface area contributed by atoms with Gasteiger partial charge in [-0.05, 0) is 44.1 Å². The third kappa shape index (κ3) is 3.39. The normalized spacial score (nSPS) is 11.8. The molecule has 0 aliphatic heterocycles. The highest BCUT2D eigenvalue weighted by Crippen LogP contribution is 2.31. The topological polar surface area (TPSA) is 40.7 Å². The van der Waals surface area contributed by atoms with E-state index in [1.54, 1.807) is 6.20 Å². The number of halogens is 3. The summed E-state index contributed by atoms with van der Waals surface area (Å²) in [7, 11) is 1.88. The standard InChI is InChI=1S/C14H16F3N3/c1-18-8-2-3-13-12(9-19-20-13)10-4-6-11(7-5-10)14(15,16)17/h4-7,9,18H,2-3,8H2,1H3,(H,19,20). The van der Waals surface area contributed by atoms with Crippen LogP contribution in [-0.2, 0) is 12.6 Å². The summed E-state index contributed by atoms with van der Waals surface area (Å²) in [5.41, 5.74) is 1.91. The molecule has 0 unspecified atom stereocenters. The quantitative estimate of drug-likeness (QED) is 0.827. The number of nitrogens with zero attached hydrogens (tertiary/aromatic N) is 1. The molecule has 0 saturated heterocycles. The Morgan fingerprint density at radius 3 is 2.50 bits per heavy atom. The van der Waals surface area contributed by atoms with E-state index in [9.17, 15) is 13.2 Å². The maximum Gasteiger partial charge on any atom is 0.416 e. The van der Waals surface area contributed by atoms with E-state index in [1.165, 1.54) is 12.1 Å². The third-order valence-corrected chi connectivity index (χ3v) is 3.10. The molecular weight excluding hydrogens is 267 g/mol. The molecule has 0 aliphatic rings. The second-order valence-corrected chi connectivity index (χ2v) is 4.54. The lowest BCUT2D eigenvalue weighted by atomic mass is 10.0. The first-order valence-electron chi connectivity index (χ1n) is 6.37. The summed E-state index contributed by atoms with van der Waals surface area (Å²) in [6.45, 7) is 0.880. The van der Waals surface area contributed by atoms with Gasteiger partial charge in [-0.15, -0.1) is 0 Å². The number of nitrogens with one attached hydrogen (secondary N) is 2. The van der Waals surface area contributed by atoms with Crippen LogP contribution in [0.3, 0.4) is 0 Å². The first-order chi connectivity index (χ1) is 9.52. The first-order valence-corrected chi connectivity index (χ1v) is 6.37. The van der Waals surface area contributed by atoms with Crippen molar-refractivity contribution >= 4 is 0 Å². The lowest BCUT2D eigenvalue weighted by Crippen LogP contribution is -2.08. The molecule has 0 aliphatic carbocycles. The molecule has 1 aromatic heterocycles. The number of H-pyrrole nitrogens is 1. The Balaban J connectivity index is 2.18. The average molecular weight is 283 g/mol. The maximum atomic E-state index is 12.5. The fourth-order valence-corrected chi connectivity index (χ4v) is 2.03. The van der Waals surface area contributed by atoms with Gasteiger partial charge in [-0.25, -0.2) is 0 Å². The van der Waals surface area contributed by atoms with E-state index in [0.717, 1.165) is 48.3 Å². The van der Waals surface area contributed by atoms with Gasteiger partial charge in [0.25, 0.3) is 0 Å². The van der Waals surface area contributed by atoms with Crippen molar-refractivity contribution in [2.24, 2.45) is 0 Å². The molecule has 2 N–H and O–H groups in total. The molecule has 0 bridgehead atoms. The van der Waals surface area contributed by atoms with Crippen LogP contribution in [-0.4, -0.2) is 23.8 Å². The van der Waals surface area contributed by atoms with Crippen LogP contribution in [0.15, 0.2) is 30.5 Å². The largest absolute Gasteiger partial charge is 0.416 e. The third-order valence-electron chi connectivity index (χ3n) is 3.10. The molecule has 20 heavy (non-hydrogen) atoms. The van der Waals surface area contributed by atoms with E-state index in [2.05, 4.69) is 15.5 Å². The molecule has 0 spiro atoms. The number of hydrogen-bond donors (Lipinski definition) is 2. The van der Waals surface area contributed by atoms with Crippen LogP contribution in [0.5, 0.6) is 0 Å². The van der Waals surface area contributed by atoms with Crippen LogP contribution in [0.1, 0.15) is 17.7 Å². The number of benzene rings is 1. The molecule has 0 amide bonds. The van der Waals surface area contributed by atoms with Gasteiger partial charge in [-0.2, -0.15) is 18.3 Å². The highest BCUT2D eigenvalue weighted by atomic mass is 19.4. The Hall–Kier alpha value is -1.82. The van der Waals surface area contributed by atoms with E-state index in [0.29, 0.717) is 0 Å². The average Bonchev–Trinajstić information content (AvgIpc) is 2.87. The Kier molecular flexibility index (Phi) is 4.44. The van der Waals surface area contributed by atoms with Gasteiger partial charge in [0.2, 0.25) is 0 Å². The smallest absolute Gasteiger partial charge is 0.320 e. The summed E-state index contributed by atoms with van der Waals surface area (Å²) in [5, 5.41) is 9.94. The molecule has 0 atom stereocenters. The highest BCUT2D eigenvalue weighted by Gasteiger charge is 2.30. The number of aromatic nitrogens is 2. The van der Waals surface area contributed by atoms with Gasteiger partial charge in [0.1, 0.15) is 0 Å². The van der Waals surface area contributed by atoms with Gasteiger partial charge in [0.05, 0.1) is 11.8 Å². The van der Waals surface area contributed by atoms with E-state index in [4.69, 9.17) is 0 Å². The van der Waals surface area contributed by atoms with E-state index < -0.39 is 11.7 Å². The molecule has 2 aromatic rings. The van der Waals surface area contributed by atoms with Crippen LogP contribution in [0.2, 0.25) is 0 Å². The van der Waals surface area contributed by atoms with Crippen LogP contribution in [0, 0.1) is 0 Å². The van der Waals surface area contributed by atoms with Crippen LogP contribution in [0.25, 0.3) is 11.1 Å². The zero-order valence-corrected chi connectivity index (χ0v) is 11.1. The van der Waals surface area contributed by atoms with Gasteiger partial charge in [0.15, 0.2) is 0 Å². The molecular formula is C14H16F3N3. The minimum atomic E-state index is -4.30. The van der Waals surface area contributed by atoms with Crippen molar-refractivity contribution in [3.05, 3.63) is 41.7 Å². The SMILES string of the molecule is CNCCCc1[nH]ncc1-c1ccc(C(F)(F)F)cc1. The first kappa shape index (κ1) is 14.6. The number of hydrogen-bond acceptors (Lipinski definition) is 2. The number of aryl methyl sites for hydroxylation is 1. The van der Waals surface area contributed by atoms with Gasteiger partial charge < -0.3 is 5.32 Å². The fraction of sp³-hybridized carbons (Fsp3) is 0.357. The van der Waals surface area contributed by atoms with E-state index >= 15 is 0 Å². The molecule has 1 heterocycles. The molecule has 0 saturated carbocycles. The minimum Gasteiger partial charge on any atom is -0.320 e. The van der Waals surface area contributed by atoms with Gasteiger partial charge in [0, 0.05) is 11.3 Å². The number of aromatic amines is 1. The molecule has 6 heteroatoms. The molecule has 3 nitrogen and oxygen atoms in total. The predicted octanol–water partition coefficient (Wildman–Crippen LogP) is 3.25. The number of rotatable bonds is 5. The summed E-state index contributed by atoms with van der Waals surface area (Å²) in [6.07, 6.45) is -0.911.